The fraction of sp³-hybridized carbons (Fsp3) is 0.192. The molecule has 43 heavy (non-hydrogen) atoms. The maximum atomic E-state index is 14.0. The van der Waals surface area contributed by atoms with Gasteiger partial charge in [-0.05, 0) is 36.4 Å². The van der Waals surface area contributed by atoms with Gasteiger partial charge in [0.05, 0.1) is 12.2 Å². The number of ether oxygens (including phenoxy) is 2. The van der Waals surface area contributed by atoms with Gasteiger partial charge in [0.15, 0.2) is 51.7 Å². The molecule has 12 N–H and O–H groups in total. The summed E-state index contributed by atoms with van der Waals surface area (Å²) in [6, 6.07) is 2.91. The third-order valence-corrected chi connectivity index (χ3v) is 6.63. The Kier molecular flexibility index (Phi) is 7.37. The van der Waals surface area contributed by atoms with Crippen molar-refractivity contribution in [3.8, 4) is 51.7 Å². The number of rotatable bonds is 7. The summed E-state index contributed by atoms with van der Waals surface area (Å²) < 4.78 is 10.5. The van der Waals surface area contributed by atoms with Crippen LogP contribution in [0.4, 0.5) is 0 Å². The minimum atomic E-state index is -3.83. The summed E-state index contributed by atoms with van der Waals surface area (Å²) in [5.74, 6) is -19.3. The number of ketones is 2. The zero-order chi connectivity index (χ0) is 32.2. The lowest BCUT2D eigenvalue weighted by molar-refractivity contribution is -0.216. The fourth-order valence-corrected chi connectivity index (χ4v) is 4.42. The molecular weight excluding hydrogens is 584 g/mol. The van der Waals surface area contributed by atoms with Gasteiger partial charge < -0.3 is 70.8 Å². The van der Waals surface area contributed by atoms with E-state index in [1.54, 1.807) is 0 Å². The molecule has 0 radical (unpaired) electrons. The highest BCUT2D eigenvalue weighted by Gasteiger charge is 2.75. The second-order valence-electron chi connectivity index (χ2n) is 9.30. The van der Waals surface area contributed by atoms with Gasteiger partial charge in [-0.1, -0.05) is 0 Å². The number of benzene rings is 3. The van der Waals surface area contributed by atoms with Crippen LogP contribution in [0.3, 0.4) is 0 Å². The maximum absolute atomic E-state index is 14.0. The average Bonchev–Trinajstić information content (AvgIpc) is 3.18. The van der Waals surface area contributed by atoms with Crippen LogP contribution in [0.2, 0.25) is 0 Å². The number of aliphatic hydroxyl groups excluding tert-OH is 2. The van der Waals surface area contributed by atoms with Gasteiger partial charge in [0, 0.05) is 11.1 Å². The number of aliphatic hydroxyl groups is 3. The first-order chi connectivity index (χ1) is 20.0. The zero-order valence-electron chi connectivity index (χ0n) is 21.2. The number of hydrogen-bond acceptors (Lipinski definition) is 17. The Morgan fingerprint density at radius 3 is 1.37 bits per heavy atom. The van der Waals surface area contributed by atoms with Crippen molar-refractivity contribution in [1.82, 2.24) is 0 Å². The van der Waals surface area contributed by atoms with Crippen LogP contribution in [0.1, 0.15) is 31.1 Å². The van der Waals surface area contributed by atoms with Crippen molar-refractivity contribution in [2.75, 3.05) is 6.61 Å². The van der Waals surface area contributed by atoms with E-state index in [1.165, 1.54) is 0 Å². The topological polar surface area (TPSA) is 312 Å². The first kappa shape index (κ1) is 30.5. The van der Waals surface area contributed by atoms with Crippen molar-refractivity contribution in [2.24, 2.45) is 0 Å². The Bertz CT molecular complexity index is 1600. The molecule has 17 nitrogen and oxygen atoms in total. The molecule has 17 heteroatoms. The number of esters is 1. The Balaban J connectivity index is 2.01. The highest BCUT2D eigenvalue weighted by Crippen LogP contribution is 2.48. The number of hydrogen-bond donors (Lipinski definition) is 12. The quantitative estimate of drug-likeness (QED) is 0.0884. The van der Waals surface area contributed by atoms with Crippen LogP contribution in [-0.4, -0.2) is 109 Å². The van der Waals surface area contributed by atoms with Crippen molar-refractivity contribution >= 4 is 17.5 Å². The molecule has 1 fully saturated rings. The standard InChI is InChI=1S/C26H22O17/c27-7-17-23(39)25(41,21(37)8-1-11(28)18(34)12(29)2-8)26(42-17,22(38)9-3-13(30)19(35)14(31)4-9)43-24(40)10-5-15(32)20(36)16(33)6-10/h1-6,17,23,27-36,39,41H,7H2/t17-,23-,25-,26?/m1/s1. The second kappa shape index (κ2) is 10.4. The molecule has 0 aliphatic carbocycles. The molecule has 0 aromatic heterocycles. The molecule has 1 heterocycles. The van der Waals surface area contributed by atoms with Crippen molar-refractivity contribution in [1.29, 1.82) is 0 Å². The lowest BCUT2D eigenvalue weighted by atomic mass is 9.77. The molecule has 3 aromatic carbocycles. The predicted octanol–water partition coefficient (Wildman–Crippen LogP) is -0.861. The Labute approximate surface area is 238 Å². The number of phenols is 9. The van der Waals surface area contributed by atoms with E-state index in [0.717, 1.165) is 0 Å². The van der Waals surface area contributed by atoms with Gasteiger partial charge in [-0.25, -0.2) is 4.79 Å². The van der Waals surface area contributed by atoms with Crippen molar-refractivity contribution in [3.05, 3.63) is 53.1 Å². The number of aromatic hydroxyl groups is 9. The smallest absolute Gasteiger partial charge is 0.341 e. The van der Waals surface area contributed by atoms with E-state index in [4.69, 9.17) is 9.47 Å². The Hall–Kier alpha value is -5.49. The van der Waals surface area contributed by atoms with Crippen molar-refractivity contribution < 1.29 is 85.1 Å². The van der Waals surface area contributed by atoms with Crippen LogP contribution in [0.25, 0.3) is 0 Å². The van der Waals surface area contributed by atoms with E-state index in [2.05, 4.69) is 0 Å². The molecule has 1 unspecified atom stereocenters. The summed E-state index contributed by atoms with van der Waals surface area (Å²) in [6.07, 6.45) is -4.79. The minimum absolute atomic E-state index is 0.469. The highest BCUT2D eigenvalue weighted by atomic mass is 16.8. The summed E-state index contributed by atoms with van der Waals surface area (Å²) in [6.45, 7) is -1.26. The van der Waals surface area contributed by atoms with Crippen molar-refractivity contribution in [2.45, 2.75) is 23.6 Å². The first-order valence-corrected chi connectivity index (χ1v) is 11.8. The Morgan fingerprint density at radius 2 is 1.00 bits per heavy atom. The van der Waals surface area contributed by atoms with Crippen LogP contribution in [-0.2, 0) is 9.47 Å². The van der Waals surface area contributed by atoms with Crippen LogP contribution >= 0.6 is 0 Å². The molecule has 228 valence electrons. The average molecular weight is 606 g/mol. The zero-order valence-corrected chi connectivity index (χ0v) is 21.2. The minimum Gasteiger partial charge on any atom is -0.504 e. The molecule has 4 atom stereocenters. The predicted molar refractivity (Wildman–Crippen MR) is 134 cm³/mol. The molecule has 1 aliphatic rings. The van der Waals surface area contributed by atoms with Gasteiger partial charge in [0.2, 0.25) is 17.2 Å². The largest absolute Gasteiger partial charge is 0.504 e. The highest BCUT2D eigenvalue weighted by molar-refractivity contribution is 6.14. The summed E-state index contributed by atoms with van der Waals surface area (Å²) in [4.78, 5) is 41.1. The lowest BCUT2D eigenvalue weighted by Gasteiger charge is -2.38. The van der Waals surface area contributed by atoms with Gasteiger partial charge >= 0.3 is 11.8 Å². The third-order valence-electron chi connectivity index (χ3n) is 6.63. The van der Waals surface area contributed by atoms with Gasteiger partial charge in [0.1, 0.15) is 12.2 Å². The molecule has 1 saturated heterocycles. The maximum Gasteiger partial charge on any atom is 0.341 e. The van der Waals surface area contributed by atoms with E-state index < -0.39 is 116 Å². The number of phenolic OH excluding ortho intramolecular Hbond substituents is 9. The summed E-state index contributed by atoms with van der Waals surface area (Å²) in [5, 5.41) is 121. The molecule has 1 aliphatic heterocycles. The van der Waals surface area contributed by atoms with E-state index in [-0.39, 0.29) is 0 Å². The summed E-state index contributed by atoms with van der Waals surface area (Å²) >= 11 is 0. The number of Topliss-reactive ketones (excluding diaryl/α,β-unsaturated/α-hetero) is 2. The van der Waals surface area contributed by atoms with Gasteiger partial charge in [-0.2, -0.15) is 0 Å². The molecule has 0 saturated carbocycles. The molecule has 3 aromatic rings. The molecule has 0 amide bonds. The van der Waals surface area contributed by atoms with E-state index in [0.29, 0.717) is 36.4 Å². The van der Waals surface area contributed by atoms with E-state index in [9.17, 15) is 75.7 Å². The van der Waals surface area contributed by atoms with Crippen LogP contribution in [0.5, 0.6) is 51.7 Å². The number of carbonyl (C=O) groups is 3. The Morgan fingerprint density at radius 1 is 0.651 bits per heavy atom. The van der Waals surface area contributed by atoms with Crippen LogP contribution < -0.4 is 0 Å². The first-order valence-electron chi connectivity index (χ1n) is 11.8. The SMILES string of the molecule is O=C(OC1(C(=O)c2cc(O)c(O)c(O)c2)O[C@H](CO)[C@@H](O)[C@]1(O)C(=O)c1cc(O)c(O)c(O)c1)c1cc(O)c(O)c(O)c1. The van der Waals surface area contributed by atoms with Crippen LogP contribution in [0, 0.1) is 0 Å². The van der Waals surface area contributed by atoms with Gasteiger partial charge in [-0.3, -0.25) is 9.59 Å². The molecule has 0 spiro atoms. The molecule has 0 bridgehead atoms. The van der Waals surface area contributed by atoms with E-state index in [1.807, 2.05) is 0 Å². The normalized spacial score (nSPS) is 23.1. The second-order valence-corrected chi connectivity index (χ2v) is 9.30. The van der Waals surface area contributed by atoms with E-state index >= 15 is 0 Å². The van der Waals surface area contributed by atoms with Crippen molar-refractivity contribution in [3.63, 3.8) is 0 Å². The van der Waals surface area contributed by atoms with Gasteiger partial charge in [0.25, 0.3) is 0 Å². The number of carbonyl (C=O) groups excluding carboxylic acids is 3. The third kappa shape index (κ3) is 4.57. The summed E-state index contributed by atoms with van der Waals surface area (Å²) in [7, 11) is 0. The van der Waals surface area contributed by atoms with Crippen LogP contribution in [0.15, 0.2) is 36.4 Å². The molecule has 4 rings (SSSR count). The lowest BCUT2D eigenvalue weighted by Crippen LogP contribution is -2.67. The van der Waals surface area contributed by atoms with Gasteiger partial charge in [-0.15, -0.1) is 0 Å². The monoisotopic (exact) mass is 606 g/mol. The fourth-order valence-electron chi connectivity index (χ4n) is 4.42. The summed E-state index contributed by atoms with van der Waals surface area (Å²) in [5.41, 5.74) is -6.55. The molecular formula is C26H22O17.